The van der Waals surface area contributed by atoms with Crippen molar-refractivity contribution in [3.05, 3.63) is 24.0 Å². The molecule has 1 aromatic heterocycles. The Hall–Kier alpha value is -1.92. The zero-order valence-corrected chi connectivity index (χ0v) is 14.8. The van der Waals surface area contributed by atoms with Crippen molar-refractivity contribution in [3.63, 3.8) is 0 Å². The highest BCUT2D eigenvalue weighted by molar-refractivity contribution is 5.94. The minimum atomic E-state index is 0.117. The number of aromatic amines is 1. The standard InChI is InChI=1S/C19H27N5O/c1-13-3-2-10-24(13)12-18-22-16-5-4-15(11-17(16)23-18)21-19(25)14-6-8-20-9-7-14/h4-5,11,13-14,20H,2-3,6-10,12H2,1H3,(H,21,25)(H,22,23)/t13-/m0/s1. The number of likely N-dealkylation sites (tertiary alicyclic amines) is 1. The van der Waals surface area contributed by atoms with Gasteiger partial charge in [-0.25, -0.2) is 4.98 Å². The number of nitrogens with one attached hydrogen (secondary N) is 3. The van der Waals surface area contributed by atoms with Crippen LogP contribution in [0.25, 0.3) is 11.0 Å². The maximum atomic E-state index is 12.4. The predicted octanol–water partition coefficient (Wildman–Crippen LogP) is 2.49. The summed E-state index contributed by atoms with van der Waals surface area (Å²) in [6.45, 7) is 6.15. The van der Waals surface area contributed by atoms with Gasteiger partial charge < -0.3 is 15.6 Å². The third kappa shape index (κ3) is 3.70. The average molecular weight is 341 g/mol. The zero-order valence-electron chi connectivity index (χ0n) is 14.8. The van der Waals surface area contributed by atoms with Gasteiger partial charge in [0.1, 0.15) is 5.82 Å². The van der Waals surface area contributed by atoms with Gasteiger partial charge >= 0.3 is 0 Å². The van der Waals surface area contributed by atoms with E-state index in [1.807, 2.05) is 18.2 Å². The van der Waals surface area contributed by atoms with Crippen LogP contribution >= 0.6 is 0 Å². The Labute approximate surface area is 148 Å². The van der Waals surface area contributed by atoms with Crippen LogP contribution in [0, 0.1) is 5.92 Å². The normalized spacial score (nSPS) is 22.5. The lowest BCUT2D eigenvalue weighted by Gasteiger charge is -2.21. The molecule has 0 bridgehead atoms. The van der Waals surface area contributed by atoms with Crippen LogP contribution in [0.15, 0.2) is 18.2 Å². The summed E-state index contributed by atoms with van der Waals surface area (Å²) in [5.41, 5.74) is 2.80. The lowest BCUT2D eigenvalue weighted by atomic mass is 9.97. The van der Waals surface area contributed by atoms with Crippen LogP contribution < -0.4 is 10.6 Å². The minimum Gasteiger partial charge on any atom is -0.341 e. The molecule has 0 saturated carbocycles. The zero-order chi connectivity index (χ0) is 17.2. The number of benzene rings is 1. The van der Waals surface area contributed by atoms with E-state index in [-0.39, 0.29) is 11.8 Å². The highest BCUT2D eigenvalue weighted by Crippen LogP contribution is 2.22. The molecule has 2 aromatic rings. The van der Waals surface area contributed by atoms with E-state index in [4.69, 9.17) is 4.98 Å². The molecule has 134 valence electrons. The molecule has 4 rings (SSSR count). The van der Waals surface area contributed by atoms with Crippen LogP contribution in [0.1, 0.15) is 38.4 Å². The molecule has 1 atom stereocenters. The van der Waals surface area contributed by atoms with Crippen LogP contribution in [0.2, 0.25) is 0 Å². The van der Waals surface area contributed by atoms with E-state index in [1.54, 1.807) is 0 Å². The average Bonchev–Trinajstić information content (AvgIpc) is 3.21. The third-order valence-electron chi connectivity index (χ3n) is 5.55. The van der Waals surface area contributed by atoms with Crippen molar-refractivity contribution in [2.24, 2.45) is 5.92 Å². The van der Waals surface area contributed by atoms with Crippen molar-refractivity contribution in [2.45, 2.75) is 45.2 Å². The van der Waals surface area contributed by atoms with Crippen LogP contribution in [0.5, 0.6) is 0 Å². The quantitative estimate of drug-likeness (QED) is 0.799. The van der Waals surface area contributed by atoms with Crippen molar-refractivity contribution in [1.82, 2.24) is 20.2 Å². The second-order valence-corrected chi connectivity index (χ2v) is 7.39. The van der Waals surface area contributed by atoms with E-state index in [9.17, 15) is 4.79 Å². The SMILES string of the molecule is C[C@H]1CCCN1Cc1nc2ccc(NC(=O)C3CCNCC3)cc2[nH]1. The Morgan fingerprint density at radius 1 is 1.32 bits per heavy atom. The molecular weight excluding hydrogens is 314 g/mol. The van der Waals surface area contributed by atoms with Gasteiger partial charge in [-0.1, -0.05) is 0 Å². The van der Waals surface area contributed by atoms with Crippen LogP contribution in [0.4, 0.5) is 5.69 Å². The topological polar surface area (TPSA) is 73.1 Å². The number of hydrogen-bond acceptors (Lipinski definition) is 4. The van der Waals surface area contributed by atoms with E-state index >= 15 is 0 Å². The van der Waals surface area contributed by atoms with Crippen molar-refractivity contribution in [3.8, 4) is 0 Å². The van der Waals surface area contributed by atoms with Gasteiger partial charge in [-0.2, -0.15) is 0 Å². The Balaban J connectivity index is 1.45. The number of aromatic nitrogens is 2. The fourth-order valence-corrected chi connectivity index (χ4v) is 3.96. The number of piperidine rings is 1. The fourth-order valence-electron chi connectivity index (χ4n) is 3.96. The summed E-state index contributed by atoms with van der Waals surface area (Å²) in [6.07, 6.45) is 4.37. The molecule has 3 heterocycles. The first-order valence-electron chi connectivity index (χ1n) is 9.43. The van der Waals surface area contributed by atoms with Crippen LogP contribution in [-0.4, -0.2) is 46.5 Å². The highest BCUT2D eigenvalue weighted by Gasteiger charge is 2.22. The Bertz CT molecular complexity index is 749. The molecule has 1 aromatic carbocycles. The van der Waals surface area contributed by atoms with Crippen molar-refractivity contribution >= 4 is 22.6 Å². The number of carbonyl (C=O) groups excluding carboxylic acids is 1. The molecule has 2 fully saturated rings. The van der Waals surface area contributed by atoms with Crippen molar-refractivity contribution < 1.29 is 4.79 Å². The number of hydrogen-bond donors (Lipinski definition) is 3. The molecule has 2 aliphatic heterocycles. The van der Waals surface area contributed by atoms with Gasteiger partial charge in [-0.15, -0.1) is 0 Å². The first kappa shape index (κ1) is 16.5. The van der Waals surface area contributed by atoms with Crippen molar-refractivity contribution in [2.75, 3.05) is 25.0 Å². The number of rotatable bonds is 4. The third-order valence-corrected chi connectivity index (χ3v) is 5.55. The molecule has 0 spiro atoms. The van der Waals surface area contributed by atoms with E-state index in [1.165, 1.54) is 12.8 Å². The van der Waals surface area contributed by atoms with Gasteiger partial charge in [0.05, 0.1) is 17.6 Å². The lowest BCUT2D eigenvalue weighted by Crippen LogP contribution is -2.34. The molecule has 0 aliphatic carbocycles. The first-order valence-corrected chi connectivity index (χ1v) is 9.43. The summed E-state index contributed by atoms with van der Waals surface area (Å²) in [5.74, 6) is 1.25. The van der Waals surface area contributed by atoms with E-state index in [0.717, 1.165) is 61.6 Å². The maximum absolute atomic E-state index is 12.4. The summed E-state index contributed by atoms with van der Waals surface area (Å²) < 4.78 is 0. The van der Waals surface area contributed by atoms with Crippen LogP contribution in [0.3, 0.4) is 0 Å². The largest absolute Gasteiger partial charge is 0.341 e. The van der Waals surface area contributed by atoms with Gasteiger partial charge in [-0.3, -0.25) is 9.69 Å². The Morgan fingerprint density at radius 2 is 2.16 bits per heavy atom. The highest BCUT2D eigenvalue weighted by atomic mass is 16.1. The second kappa shape index (κ2) is 7.14. The Kier molecular flexibility index (Phi) is 4.72. The molecule has 3 N–H and O–H groups in total. The summed E-state index contributed by atoms with van der Waals surface area (Å²) in [5, 5.41) is 6.36. The van der Waals surface area contributed by atoms with Gasteiger partial charge in [0, 0.05) is 17.6 Å². The van der Waals surface area contributed by atoms with Gasteiger partial charge in [0.2, 0.25) is 5.91 Å². The molecule has 0 radical (unpaired) electrons. The number of anilines is 1. The van der Waals surface area contributed by atoms with Gasteiger partial charge in [0.25, 0.3) is 0 Å². The van der Waals surface area contributed by atoms with Gasteiger partial charge in [0.15, 0.2) is 0 Å². The fraction of sp³-hybridized carbons (Fsp3) is 0.579. The number of H-pyrrole nitrogens is 1. The minimum absolute atomic E-state index is 0.117. The smallest absolute Gasteiger partial charge is 0.227 e. The monoisotopic (exact) mass is 341 g/mol. The molecule has 0 unspecified atom stereocenters. The molecule has 6 heteroatoms. The van der Waals surface area contributed by atoms with E-state index in [0.29, 0.717) is 6.04 Å². The summed E-state index contributed by atoms with van der Waals surface area (Å²) in [4.78, 5) is 23.0. The summed E-state index contributed by atoms with van der Waals surface area (Å²) >= 11 is 0. The van der Waals surface area contributed by atoms with Gasteiger partial charge in [-0.05, 0) is 70.4 Å². The second-order valence-electron chi connectivity index (χ2n) is 7.39. The lowest BCUT2D eigenvalue weighted by molar-refractivity contribution is -0.120. The number of amides is 1. The molecule has 6 nitrogen and oxygen atoms in total. The molecular formula is C19H27N5O. The van der Waals surface area contributed by atoms with E-state index in [2.05, 4.69) is 27.4 Å². The van der Waals surface area contributed by atoms with E-state index < -0.39 is 0 Å². The number of nitrogens with zero attached hydrogens (tertiary/aromatic N) is 2. The molecule has 2 saturated heterocycles. The van der Waals surface area contributed by atoms with Crippen LogP contribution in [-0.2, 0) is 11.3 Å². The predicted molar refractivity (Wildman–Crippen MR) is 99.4 cm³/mol. The summed E-state index contributed by atoms with van der Waals surface area (Å²) in [7, 11) is 0. The first-order chi connectivity index (χ1) is 12.2. The molecule has 1 amide bonds. The molecule has 25 heavy (non-hydrogen) atoms. The molecule has 2 aliphatic rings. The number of carbonyl (C=O) groups is 1. The summed E-state index contributed by atoms with van der Waals surface area (Å²) in [6, 6.07) is 6.57. The Morgan fingerprint density at radius 3 is 2.92 bits per heavy atom. The number of fused-ring (bicyclic) bond motifs is 1. The maximum Gasteiger partial charge on any atom is 0.227 e. The number of imidazole rings is 1. The van der Waals surface area contributed by atoms with Crippen molar-refractivity contribution in [1.29, 1.82) is 0 Å².